The van der Waals surface area contributed by atoms with Crippen LogP contribution >= 0.6 is 45.6 Å². The third kappa shape index (κ3) is 3.50. The summed E-state index contributed by atoms with van der Waals surface area (Å²) in [5.41, 5.74) is 1.34. The molecule has 0 aliphatic rings. The van der Waals surface area contributed by atoms with E-state index in [2.05, 4.69) is 21.4 Å². The molecule has 1 amide bonds. The molecule has 1 N–H and O–H groups in total. The Morgan fingerprint density at radius 1 is 1.08 bits per heavy atom. The van der Waals surface area contributed by atoms with Crippen LogP contribution in [0.4, 0.5) is 5.13 Å². The smallest absolute Gasteiger partial charge is 0.257 e. The highest BCUT2D eigenvalue weighted by Gasteiger charge is 2.18. The van der Waals surface area contributed by atoms with Gasteiger partial charge in [0.2, 0.25) is 0 Å². The van der Waals surface area contributed by atoms with Crippen LogP contribution in [-0.4, -0.2) is 15.9 Å². The standard InChI is InChI=1S/C17H10ClN3OS3/c18-13-9-10(5-6-19-13)16(22)21-17-20-14(11-3-1-7-23-11)15(25-17)12-4-2-8-24-12/h1-9H,(H,20,21,22). The Kier molecular flexibility index (Phi) is 4.63. The van der Waals surface area contributed by atoms with Crippen molar-refractivity contribution in [3.63, 3.8) is 0 Å². The Hall–Kier alpha value is -2.06. The summed E-state index contributed by atoms with van der Waals surface area (Å²) < 4.78 is 0. The highest BCUT2D eigenvalue weighted by Crippen LogP contribution is 2.42. The number of nitrogens with one attached hydrogen (secondary N) is 1. The van der Waals surface area contributed by atoms with Gasteiger partial charge < -0.3 is 0 Å². The van der Waals surface area contributed by atoms with Gasteiger partial charge in [0.1, 0.15) is 10.8 Å². The summed E-state index contributed by atoms with van der Waals surface area (Å²) in [5.74, 6) is -0.256. The average molecular weight is 404 g/mol. The maximum Gasteiger partial charge on any atom is 0.257 e. The number of hydrogen-bond donors (Lipinski definition) is 1. The minimum atomic E-state index is -0.256. The summed E-state index contributed by atoms with van der Waals surface area (Å²) in [6.45, 7) is 0. The normalized spacial score (nSPS) is 10.8. The molecule has 0 aromatic carbocycles. The van der Waals surface area contributed by atoms with Crippen molar-refractivity contribution in [2.24, 2.45) is 0 Å². The summed E-state index contributed by atoms with van der Waals surface area (Å²) >= 11 is 10.6. The third-order valence-electron chi connectivity index (χ3n) is 3.34. The second kappa shape index (κ2) is 7.05. The molecule has 0 unspecified atom stereocenters. The molecule has 4 nitrogen and oxygen atoms in total. The van der Waals surface area contributed by atoms with Crippen LogP contribution in [0, 0.1) is 0 Å². The van der Waals surface area contributed by atoms with Crippen molar-refractivity contribution >= 4 is 56.7 Å². The minimum Gasteiger partial charge on any atom is -0.298 e. The third-order valence-corrected chi connectivity index (χ3v) is 6.44. The number of pyridine rings is 1. The number of hydrogen-bond acceptors (Lipinski definition) is 6. The van der Waals surface area contributed by atoms with Gasteiger partial charge >= 0.3 is 0 Å². The molecule has 4 aromatic rings. The molecule has 0 atom stereocenters. The van der Waals surface area contributed by atoms with E-state index in [9.17, 15) is 4.79 Å². The zero-order chi connectivity index (χ0) is 17.2. The summed E-state index contributed by atoms with van der Waals surface area (Å²) in [4.78, 5) is 24.2. The maximum atomic E-state index is 12.4. The molecule has 0 aliphatic heterocycles. The maximum absolute atomic E-state index is 12.4. The Balaban J connectivity index is 1.69. The van der Waals surface area contributed by atoms with E-state index in [1.165, 1.54) is 23.6 Å². The Morgan fingerprint density at radius 2 is 1.84 bits per heavy atom. The van der Waals surface area contributed by atoms with Gasteiger partial charge in [0.25, 0.3) is 5.91 Å². The Bertz CT molecular complexity index is 958. The predicted molar refractivity (Wildman–Crippen MR) is 106 cm³/mol. The lowest BCUT2D eigenvalue weighted by molar-refractivity contribution is 0.102. The number of thiazole rings is 1. The number of carbonyl (C=O) groups excluding carboxylic acids is 1. The van der Waals surface area contributed by atoms with Crippen molar-refractivity contribution in [2.75, 3.05) is 5.32 Å². The van der Waals surface area contributed by atoms with Crippen molar-refractivity contribution < 1.29 is 4.79 Å². The fourth-order valence-electron chi connectivity index (χ4n) is 2.24. The molecule has 0 radical (unpaired) electrons. The molecule has 0 fully saturated rings. The topological polar surface area (TPSA) is 54.9 Å². The number of anilines is 1. The number of amides is 1. The van der Waals surface area contributed by atoms with Crippen LogP contribution in [0.25, 0.3) is 20.3 Å². The molecular formula is C17H10ClN3OS3. The van der Waals surface area contributed by atoms with E-state index in [0.29, 0.717) is 10.7 Å². The highest BCUT2D eigenvalue weighted by atomic mass is 35.5. The van der Waals surface area contributed by atoms with Gasteiger partial charge in [-0.3, -0.25) is 10.1 Å². The van der Waals surface area contributed by atoms with Gasteiger partial charge in [-0.2, -0.15) is 0 Å². The first-order valence-electron chi connectivity index (χ1n) is 7.22. The molecular weight excluding hydrogens is 394 g/mol. The largest absolute Gasteiger partial charge is 0.298 e. The van der Waals surface area contributed by atoms with E-state index < -0.39 is 0 Å². The number of nitrogens with zero attached hydrogens (tertiary/aromatic N) is 2. The Morgan fingerprint density at radius 3 is 2.52 bits per heavy atom. The monoisotopic (exact) mass is 403 g/mol. The van der Waals surface area contributed by atoms with Crippen molar-refractivity contribution in [2.45, 2.75) is 0 Å². The van der Waals surface area contributed by atoms with Crippen LogP contribution < -0.4 is 5.32 Å². The van der Waals surface area contributed by atoms with E-state index in [1.807, 2.05) is 29.0 Å². The number of rotatable bonds is 4. The van der Waals surface area contributed by atoms with E-state index in [-0.39, 0.29) is 11.1 Å². The summed E-state index contributed by atoms with van der Waals surface area (Å²) in [6.07, 6.45) is 1.51. The van der Waals surface area contributed by atoms with E-state index in [0.717, 1.165) is 20.3 Å². The van der Waals surface area contributed by atoms with Gasteiger partial charge in [-0.1, -0.05) is 35.1 Å². The lowest BCUT2D eigenvalue weighted by Gasteiger charge is -2.01. The van der Waals surface area contributed by atoms with Crippen LogP contribution in [0.1, 0.15) is 10.4 Å². The SMILES string of the molecule is O=C(Nc1nc(-c2cccs2)c(-c2cccs2)s1)c1ccnc(Cl)c1. The molecule has 4 aromatic heterocycles. The summed E-state index contributed by atoms with van der Waals surface area (Å²) in [7, 11) is 0. The lowest BCUT2D eigenvalue weighted by Crippen LogP contribution is -2.11. The van der Waals surface area contributed by atoms with Crippen molar-refractivity contribution in [3.05, 3.63) is 64.1 Å². The highest BCUT2D eigenvalue weighted by molar-refractivity contribution is 7.24. The minimum absolute atomic E-state index is 0.256. The van der Waals surface area contributed by atoms with Gasteiger partial charge in [0.05, 0.1) is 9.75 Å². The molecule has 4 heterocycles. The fourth-order valence-corrected chi connectivity index (χ4v) is 5.03. The number of thiophene rings is 2. The second-order valence-electron chi connectivity index (χ2n) is 4.97. The summed E-state index contributed by atoms with van der Waals surface area (Å²) in [6, 6.07) is 11.2. The molecule has 25 heavy (non-hydrogen) atoms. The molecule has 4 rings (SSSR count). The molecule has 0 bridgehead atoms. The van der Waals surface area contributed by atoms with Crippen LogP contribution in [0.2, 0.25) is 5.15 Å². The van der Waals surface area contributed by atoms with E-state index >= 15 is 0 Å². The predicted octanol–water partition coefficient (Wildman–Crippen LogP) is 5.90. The van der Waals surface area contributed by atoms with Gasteiger partial charge in [-0.05, 0) is 35.0 Å². The first kappa shape index (κ1) is 16.4. The van der Waals surface area contributed by atoms with Gasteiger partial charge in [-0.15, -0.1) is 22.7 Å². The second-order valence-corrected chi connectivity index (χ2v) is 8.25. The fraction of sp³-hybridized carbons (Fsp3) is 0. The van der Waals surface area contributed by atoms with Gasteiger partial charge in [0.15, 0.2) is 5.13 Å². The van der Waals surface area contributed by atoms with Crippen LogP contribution in [0.3, 0.4) is 0 Å². The Labute approximate surface area is 160 Å². The zero-order valence-electron chi connectivity index (χ0n) is 12.6. The van der Waals surface area contributed by atoms with Crippen LogP contribution in [0.15, 0.2) is 53.4 Å². The molecule has 0 spiro atoms. The number of halogens is 1. The molecule has 0 aliphatic carbocycles. The van der Waals surface area contributed by atoms with E-state index in [1.54, 1.807) is 28.7 Å². The average Bonchev–Trinajstić information content (AvgIpc) is 3.35. The van der Waals surface area contributed by atoms with Crippen molar-refractivity contribution in [1.82, 2.24) is 9.97 Å². The van der Waals surface area contributed by atoms with Crippen LogP contribution in [-0.2, 0) is 0 Å². The first-order valence-corrected chi connectivity index (χ1v) is 10.2. The molecule has 8 heteroatoms. The molecule has 124 valence electrons. The molecule has 0 saturated heterocycles. The first-order chi connectivity index (χ1) is 12.2. The molecule has 0 saturated carbocycles. The van der Waals surface area contributed by atoms with Gasteiger partial charge in [-0.25, -0.2) is 9.97 Å². The van der Waals surface area contributed by atoms with Crippen molar-refractivity contribution in [1.29, 1.82) is 0 Å². The quantitative estimate of drug-likeness (QED) is 0.431. The number of carbonyl (C=O) groups is 1. The van der Waals surface area contributed by atoms with Crippen molar-refractivity contribution in [3.8, 4) is 20.3 Å². The van der Waals surface area contributed by atoms with Crippen LogP contribution in [0.5, 0.6) is 0 Å². The zero-order valence-corrected chi connectivity index (χ0v) is 15.8. The number of aromatic nitrogens is 2. The van der Waals surface area contributed by atoms with Gasteiger partial charge in [0, 0.05) is 16.6 Å². The summed E-state index contributed by atoms with van der Waals surface area (Å²) in [5, 5.41) is 7.75. The lowest BCUT2D eigenvalue weighted by atomic mass is 10.2. The van der Waals surface area contributed by atoms with E-state index in [4.69, 9.17) is 11.6 Å².